The Labute approximate surface area is 149 Å². The van der Waals surface area contributed by atoms with E-state index in [1.165, 1.54) is 0 Å². The molecule has 25 heavy (non-hydrogen) atoms. The SMILES string of the molecule is [C-]#[N+]c1ccc2c(c1)C(c1nc(Cl)nc3nn(CCC)cc13)C(=O)C2. The minimum absolute atomic E-state index is 0.0523. The van der Waals surface area contributed by atoms with Crippen molar-refractivity contribution in [3.05, 3.63) is 57.9 Å². The molecule has 0 radical (unpaired) electrons. The summed E-state index contributed by atoms with van der Waals surface area (Å²) in [6.07, 6.45) is 3.14. The van der Waals surface area contributed by atoms with Gasteiger partial charge in [0.05, 0.1) is 23.6 Å². The quantitative estimate of drug-likeness (QED) is 0.533. The van der Waals surface area contributed by atoms with Crippen molar-refractivity contribution in [2.24, 2.45) is 0 Å². The Hall–Kier alpha value is -2.78. The lowest BCUT2D eigenvalue weighted by molar-refractivity contribution is -0.118. The Bertz CT molecular complexity index is 1050. The second-order valence-corrected chi connectivity index (χ2v) is 6.42. The van der Waals surface area contributed by atoms with Crippen LogP contribution in [0.1, 0.15) is 36.1 Å². The predicted molar refractivity (Wildman–Crippen MR) is 93.9 cm³/mol. The Morgan fingerprint density at radius 1 is 1.40 bits per heavy atom. The fraction of sp³-hybridized carbons (Fsp3) is 0.278. The first-order valence-electron chi connectivity index (χ1n) is 8.04. The molecule has 3 aromatic rings. The maximum Gasteiger partial charge on any atom is 0.224 e. The van der Waals surface area contributed by atoms with Crippen LogP contribution in [0.5, 0.6) is 0 Å². The van der Waals surface area contributed by atoms with Gasteiger partial charge in [-0.25, -0.2) is 9.83 Å². The van der Waals surface area contributed by atoms with Gasteiger partial charge in [0.1, 0.15) is 0 Å². The number of halogens is 1. The molecule has 0 N–H and O–H groups in total. The fourth-order valence-corrected chi connectivity index (χ4v) is 3.53. The summed E-state index contributed by atoms with van der Waals surface area (Å²) in [4.78, 5) is 24.7. The third-order valence-electron chi connectivity index (χ3n) is 4.41. The molecule has 4 rings (SSSR count). The number of ketones is 1. The molecule has 0 saturated heterocycles. The smallest absolute Gasteiger partial charge is 0.224 e. The normalized spacial score (nSPS) is 16.2. The number of nitrogens with zero attached hydrogens (tertiary/aromatic N) is 5. The van der Waals surface area contributed by atoms with Crippen LogP contribution >= 0.6 is 11.6 Å². The van der Waals surface area contributed by atoms with E-state index in [2.05, 4.69) is 26.8 Å². The molecule has 1 unspecified atom stereocenters. The summed E-state index contributed by atoms with van der Waals surface area (Å²) < 4.78 is 1.80. The Kier molecular flexibility index (Phi) is 3.74. The minimum atomic E-state index is -0.529. The van der Waals surface area contributed by atoms with Gasteiger partial charge in [-0.05, 0) is 29.1 Å². The first kappa shape index (κ1) is 15.7. The van der Waals surface area contributed by atoms with E-state index in [9.17, 15) is 4.79 Å². The topological polar surface area (TPSA) is 65.0 Å². The van der Waals surface area contributed by atoms with Gasteiger partial charge >= 0.3 is 0 Å². The van der Waals surface area contributed by atoms with Crippen molar-refractivity contribution in [1.29, 1.82) is 0 Å². The molecule has 2 aromatic heterocycles. The summed E-state index contributed by atoms with van der Waals surface area (Å²) in [6, 6.07) is 5.36. The molecule has 1 aromatic carbocycles. The van der Waals surface area contributed by atoms with E-state index in [4.69, 9.17) is 18.2 Å². The van der Waals surface area contributed by atoms with Gasteiger partial charge in [-0.3, -0.25) is 9.48 Å². The standard InChI is InChI=1S/C18H14ClN5O/c1-3-6-24-9-13-16(21-18(19)22-17(13)23-24)15-12-8-11(20-2)5-4-10(12)7-14(15)25/h4-5,8-9,15H,3,6-7H2,1H3. The molecule has 6 nitrogen and oxygen atoms in total. The molecule has 7 heteroatoms. The van der Waals surface area contributed by atoms with Crippen LogP contribution in [0, 0.1) is 6.57 Å². The zero-order chi connectivity index (χ0) is 17.6. The number of aryl methyl sites for hydroxylation is 1. The van der Waals surface area contributed by atoms with Gasteiger partial charge in [0.2, 0.25) is 5.28 Å². The number of rotatable bonds is 3. The number of aromatic nitrogens is 4. The highest BCUT2D eigenvalue weighted by molar-refractivity contribution is 6.28. The molecule has 124 valence electrons. The Balaban J connectivity index is 1.93. The summed E-state index contributed by atoms with van der Waals surface area (Å²) in [6.45, 7) is 10.0. The first-order chi connectivity index (χ1) is 12.1. The molecule has 2 heterocycles. The van der Waals surface area contributed by atoms with Gasteiger partial charge in [0.25, 0.3) is 0 Å². The second kappa shape index (κ2) is 5.94. The maximum atomic E-state index is 12.7. The number of carbonyl (C=O) groups excluding carboxylic acids is 1. The Morgan fingerprint density at radius 2 is 2.24 bits per heavy atom. The highest BCUT2D eigenvalue weighted by atomic mass is 35.5. The van der Waals surface area contributed by atoms with Crippen LogP contribution in [0.25, 0.3) is 15.9 Å². The molecule has 0 amide bonds. The van der Waals surface area contributed by atoms with Crippen LogP contribution in [0.4, 0.5) is 5.69 Å². The van der Waals surface area contributed by atoms with Gasteiger partial charge in [0, 0.05) is 19.2 Å². The maximum absolute atomic E-state index is 12.7. The van der Waals surface area contributed by atoms with Gasteiger partial charge in [0.15, 0.2) is 17.1 Å². The lowest BCUT2D eigenvalue weighted by atomic mass is 9.95. The number of hydrogen-bond donors (Lipinski definition) is 0. The van der Waals surface area contributed by atoms with E-state index < -0.39 is 5.92 Å². The van der Waals surface area contributed by atoms with E-state index in [1.54, 1.807) is 16.8 Å². The number of carbonyl (C=O) groups is 1. The van der Waals surface area contributed by atoms with Crippen molar-refractivity contribution < 1.29 is 4.79 Å². The van der Waals surface area contributed by atoms with Crippen molar-refractivity contribution in [3.63, 3.8) is 0 Å². The van der Waals surface area contributed by atoms with Crippen LogP contribution in [-0.4, -0.2) is 25.5 Å². The van der Waals surface area contributed by atoms with Gasteiger partial charge < -0.3 is 0 Å². The summed E-state index contributed by atoms with van der Waals surface area (Å²) in [5.74, 6) is -0.476. The number of benzene rings is 1. The van der Waals surface area contributed by atoms with Crippen molar-refractivity contribution in [2.75, 3.05) is 0 Å². The fourth-order valence-electron chi connectivity index (χ4n) is 3.35. The summed E-state index contributed by atoms with van der Waals surface area (Å²) in [5.41, 5.74) is 3.34. The second-order valence-electron chi connectivity index (χ2n) is 6.08. The highest BCUT2D eigenvalue weighted by Crippen LogP contribution is 2.39. The number of fused-ring (bicyclic) bond motifs is 2. The van der Waals surface area contributed by atoms with Gasteiger partial charge in [-0.1, -0.05) is 25.1 Å². The average Bonchev–Trinajstić information content (AvgIpc) is 3.13. The van der Waals surface area contributed by atoms with E-state index in [-0.39, 0.29) is 11.1 Å². The van der Waals surface area contributed by atoms with E-state index in [1.807, 2.05) is 12.3 Å². The van der Waals surface area contributed by atoms with Crippen molar-refractivity contribution in [1.82, 2.24) is 19.7 Å². The molecular weight excluding hydrogens is 338 g/mol. The lowest BCUT2D eigenvalue weighted by Gasteiger charge is -2.11. The Morgan fingerprint density at radius 3 is 3.00 bits per heavy atom. The molecule has 0 saturated carbocycles. The van der Waals surface area contributed by atoms with Gasteiger partial charge in [-0.15, -0.1) is 0 Å². The van der Waals surface area contributed by atoms with Crippen LogP contribution in [0.15, 0.2) is 24.4 Å². The minimum Gasteiger partial charge on any atom is -0.298 e. The number of Topliss-reactive ketones (excluding diaryl/α,β-unsaturated/α-hetero) is 1. The lowest BCUT2D eigenvalue weighted by Crippen LogP contribution is -2.11. The molecule has 0 fully saturated rings. The van der Waals surface area contributed by atoms with Gasteiger partial charge in [-0.2, -0.15) is 10.1 Å². The predicted octanol–water partition coefficient (Wildman–Crippen LogP) is 3.70. The zero-order valence-electron chi connectivity index (χ0n) is 13.5. The van der Waals surface area contributed by atoms with E-state index in [0.29, 0.717) is 23.4 Å². The molecular formula is C18H14ClN5O. The third kappa shape index (κ3) is 2.57. The van der Waals surface area contributed by atoms with Crippen LogP contribution in [0.3, 0.4) is 0 Å². The summed E-state index contributed by atoms with van der Waals surface area (Å²) >= 11 is 6.09. The molecule has 0 spiro atoms. The third-order valence-corrected chi connectivity index (χ3v) is 4.58. The van der Waals surface area contributed by atoms with E-state index >= 15 is 0 Å². The molecule has 0 aliphatic heterocycles. The molecule has 1 atom stereocenters. The highest BCUT2D eigenvalue weighted by Gasteiger charge is 2.35. The van der Waals surface area contributed by atoms with Crippen LogP contribution in [-0.2, 0) is 17.8 Å². The van der Waals surface area contributed by atoms with Crippen molar-refractivity contribution >= 4 is 34.1 Å². The molecule has 1 aliphatic rings. The average molecular weight is 352 g/mol. The zero-order valence-corrected chi connectivity index (χ0v) is 14.3. The van der Waals surface area contributed by atoms with Crippen LogP contribution < -0.4 is 0 Å². The van der Waals surface area contributed by atoms with Crippen molar-refractivity contribution in [2.45, 2.75) is 32.2 Å². The molecule has 0 bridgehead atoms. The summed E-state index contributed by atoms with van der Waals surface area (Å²) in [7, 11) is 0. The first-order valence-corrected chi connectivity index (χ1v) is 8.42. The monoisotopic (exact) mass is 351 g/mol. The van der Waals surface area contributed by atoms with Crippen molar-refractivity contribution in [3.8, 4) is 0 Å². The van der Waals surface area contributed by atoms with Crippen LogP contribution in [0.2, 0.25) is 5.28 Å². The van der Waals surface area contributed by atoms with E-state index in [0.717, 1.165) is 29.5 Å². The summed E-state index contributed by atoms with van der Waals surface area (Å²) in [5, 5.41) is 5.24. The number of hydrogen-bond acceptors (Lipinski definition) is 4. The largest absolute Gasteiger partial charge is 0.298 e. The molecule has 1 aliphatic carbocycles.